The first kappa shape index (κ1) is 30.1. The zero-order valence-corrected chi connectivity index (χ0v) is 27.4. The van der Waals surface area contributed by atoms with Crippen molar-refractivity contribution in [3.8, 4) is 0 Å². The number of rotatable bonds is 5. The van der Waals surface area contributed by atoms with Crippen LogP contribution in [0.25, 0.3) is 0 Å². The normalized spacial score (nSPS) is 17.8. The Morgan fingerprint density at radius 3 is 1.83 bits per heavy atom. The lowest BCUT2D eigenvalue weighted by Gasteiger charge is -2.33. The molecule has 1 saturated heterocycles. The Bertz CT molecular complexity index is 1530. The van der Waals surface area contributed by atoms with Crippen molar-refractivity contribution in [1.29, 1.82) is 0 Å². The van der Waals surface area contributed by atoms with Crippen LogP contribution in [0.4, 0.5) is 11.4 Å². The van der Waals surface area contributed by atoms with Gasteiger partial charge in [-0.25, -0.2) is 0 Å². The molecule has 3 aromatic rings. The molecule has 0 radical (unpaired) electrons. The molecule has 2 atom stereocenters. The molecule has 2 unspecified atom stereocenters. The number of aliphatic imine (C=N–C) groups is 1. The lowest BCUT2D eigenvalue weighted by molar-refractivity contribution is 0.882. The van der Waals surface area contributed by atoms with E-state index in [1.807, 2.05) is 24.4 Å². The van der Waals surface area contributed by atoms with E-state index < -0.39 is 5.38 Å². The fourth-order valence-electron chi connectivity index (χ4n) is 6.63. The van der Waals surface area contributed by atoms with Crippen LogP contribution >= 0.6 is 23.2 Å². The van der Waals surface area contributed by atoms with E-state index in [1.54, 1.807) is 6.20 Å². The number of nitrogens with zero attached hydrogens (tertiary/aromatic N) is 4. The second kappa shape index (κ2) is 12.1. The second-order valence-electron chi connectivity index (χ2n) is 11.9. The summed E-state index contributed by atoms with van der Waals surface area (Å²) >= 11 is 14.6. The highest BCUT2D eigenvalue weighted by atomic mass is 35.5. The summed E-state index contributed by atoms with van der Waals surface area (Å²) in [4.78, 5) is 14.5. The van der Waals surface area contributed by atoms with Crippen molar-refractivity contribution < 1.29 is 0 Å². The van der Waals surface area contributed by atoms with Gasteiger partial charge in [0.1, 0.15) is 11.2 Å². The number of aromatic nitrogens is 1. The van der Waals surface area contributed by atoms with Crippen LogP contribution in [0.3, 0.4) is 0 Å². The molecule has 218 valence electrons. The van der Waals surface area contributed by atoms with Crippen molar-refractivity contribution in [2.75, 3.05) is 22.9 Å². The minimum absolute atomic E-state index is 0.188. The maximum atomic E-state index is 7.36. The molecule has 2 aliphatic rings. The molecule has 0 aliphatic carbocycles. The zero-order valence-electron chi connectivity index (χ0n) is 25.9. The Labute approximate surface area is 261 Å². The standard InChI is InChI=1S/C36H40Cl2N4/c1-21(2)15-28(30-11-9-10-12-39-30)33-32(38)31(37)29(20-40-33)36-41(34-24(5)16-22(3)17-25(34)6)13-14-42(36)35-26(7)18-23(4)19-27(35)8/h9-12,15-20,28,31H,13-14H2,1-8H3. The molecule has 42 heavy (non-hydrogen) atoms. The highest BCUT2D eigenvalue weighted by molar-refractivity contribution is 6.40. The molecule has 1 fully saturated rings. The average Bonchev–Trinajstić information content (AvgIpc) is 3.32. The Balaban J connectivity index is 1.71. The first-order valence-electron chi connectivity index (χ1n) is 14.6. The number of hydrogen-bond donors (Lipinski definition) is 0. The van der Waals surface area contributed by atoms with E-state index in [0.717, 1.165) is 41.4 Å². The van der Waals surface area contributed by atoms with Gasteiger partial charge in [-0.1, -0.05) is 64.7 Å². The van der Waals surface area contributed by atoms with Crippen LogP contribution < -0.4 is 9.80 Å². The van der Waals surface area contributed by atoms with Crippen molar-refractivity contribution in [3.05, 3.63) is 122 Å². The van der Waals surface area contributed by atoms with Crippen molar-refractivity contribution in [2.24, 2.45) is 4.99 Å². The summed E-state index contributed by atoms with van der Waals surface area (Å²) in [7, 11) is 0. The molecule has 4 nitrogen and oxygen atoms in total. The Hall–Kier alpha value is -3.34. The third-order valence-corrected chi connectivity index (χ3v) is 8.99. The molecule has 1 aromatic heterocycles. The summed E-state index contributed by atoms with van der Waals surface area (Å²) in [5.74, 6) is 0.851. The molecule has 6 heteroatoms. The van der Waals surface area contributed by atoms with Crippen LogP contribution in [0, 0.1) is 41.5 Å². The number of aryl methyl sites for hydroxylation is 6. The first-order chi connectivity index (χ1) is 20.0. The SMILES string of the molecule is CC(C)=CC(C1=C(Cl)C(Cl)C(=C2N(c3c(C)cc(C)cc3C)CCN2c2c(C)cc(C)cc2C)C=N1)c1ccccn1. The largest absolute Gasteiger partial charge is 0.325 e. The number of halogens is 2. The average molecular weight is 600 g/mol. The van der Waals surface area contributed by atoms with Gasteiger partial charge >= 0.3 is 0 Å². The summed E-state index contributed by atoms with van der Waals surface area (Å²) in [5.41, 5.74) is 13.6. The van der Waals surface area contributed by atoms with Gasteiger partial charge in [0.2, 0.25) is 0 Å². The smallest absolute Gasteiger partial charge is 0.120 e. The molecule has 3 heterocycles. The molecule has 0 bridgehead atoms. The van der Waals surface area contributed by atoms with E-state index >= 15 is 0 Å². The van der Waals surface area contributed by atoms with Crippen molar-refractivity contribution in [2.45, 2.75) is 66.7 Å². The van der Waals surface area contributed by atoms with Gasteiger partial charge in [-0.15, -0.1) is 11.6 Å². The minimum atomic E-state index is -0.564. The number of anilines is 2. The molecule has 0 amide bonds. The summed E-state index contributed by atoms with van der Waals surface area (Å²) < 4.78 is 0. The van der Waals surface area contributed by atoms with Gasteiger partial charge in [-0.3, -0.25) is 9.98 Å². The van der Waals surface area contributed by atoms with Gasteiger partial charge in [0.25, 0.3) is 0 Å². The first-order valence-corrected chi connectivity index (χ1v) is 15.4. The van der Waals surface area contributed by atoms with Gasteiger partial charge in [-0.2, -0.15) is 0 Å². The summed E-state index contributed by atoms with van der Waals surface area (Å²) in [6.45, 7) is 18.9. The maximum absolute atomic E-state index is 7.36. The monoisotopic (exact) mass is 598 g/mol. The zero-order chi connectivity index (χ0) is 30.3. The maximum Gasteiger partial charge on any atom is 0.120 e. The number of benzene rings is 2. The molecule has 0 N–H and O–H groups in total. The van der Waals surface area contributed by atoms with Gasteiger partial charge in [-0.05, 0) is 89.8 Å². The Morgan fingerprint density at radius 2 is 1.38 bits per heavy atom. The molecular formula is C36H40Cl2N4. The predicted octanol–water partition coefficient (Wildman–Crippen LogP) is 9.36. The topological polar surface area (TPSA) is 31.7 Å². The fourth-order valence-corrected chi connectivity index (χ4v) is 7.18. The van der Waals surface area contributed by atoms with Crippen LogP contribution in [0.2, 0.25) is 0 Å². The summed E-state index contributed by atoms with van der Waals surface area (Å²) in [5, 5.41) is -0.0255. The predicted molar refractivity (Wildman–Crippen MR) is 180 cm³/mol. The summed E-state index contributed by atoms with van der Waals surface area (Å²) in [6, 6.07) is 14.9. The molecule has 5 rings (SSSR count). The highest BCUT2D eigenvalue weighted by Gasteiger charge is 2.37. The van der Waals surface area contributed by atoms with Crippen LogP contribution in [0.1, 0.15) is 58.8 Å². The van der Waals surface area contributed by atoms with E-state index in [4.69, 9.17) is 28.2 Å². The Morgan fingerprint density at radius 1 is 0.857 bits per heavy atom. The molecule has 0 saturated carbocycles. The van der Waals surface area contributed by atoms with Crippen LogP contribution in [0.5, 0.6) is 0 Å². The third-order valence-electron chi connectivity index (χ3n) is 8.01. The lowest BCUT2D eigenvalue weighted by Crippen LogP contribution is -2.30. The van der Waals surface area contributed by atoms with E-state index in [9.17, 15) is 0 Å². The van der Waals surface area contributed by atoms with Gasteiger partial charge in [0.05, 0.1) is 22.3 Å². The molecule has 2 aromatic carbocycles. The lowest BCUT2D eigenvalue weighted by atomic mass is 9.94. The van der Waals surface area contributed by atoms with Gasteiger partial charge < -0.3 is 9.80 Å². The fraction of sp³-hybridized carbons (Fsp3) is 0.333. The van der Waals surface area contributed by atoms with Crippen molar-refractivity contribution in [3.63, 3.8) is 0 Å². The van der Waals surface area contributed by atoms with Crippen LogP contribution in [0.15, 0.2) is 87.4 Å². The van der Waals surface area contributed by atoms with Crippen molar-refractivity contribution in [1.82, 2.24) is 4.98 Å². The van der Waals surface area contributed by atoms with E-state index in [0.29, 0.717) is 5.03 Å². The van der Waals surface area contributed by atoms with E-state index in [1.165, 1.54) is 44.8 Å². The second-order valence-corrected chi connectivity index (χ2v) is 12.8. The highest BCUT2D eigenvalue weighted by Crippen LogP contribution is 2.44. The van der Waals surface area contributed by atoms with Crippen LogP contribution in [-0.2, 0) is 0 Å². The van der Waals surface area contributed by atoms with E-state index in [2.05, 4.69) is 101 Å². The number of hydrogen-bond acceptors (Lipinski definition) is 4. The number of alkyl halides is 1. The van der Waals surface area contributed by atoms with Gasteiger partial charge in [0, 0.05) is 42.4 Å². The quantitative estimate of drug-likeness (QED) is 0.216. The van der Waals surface area contributed by atoms with E-state index in [-0.39, 0.29) is 5.92 Å². The van der Waals surface area contributed by atoms with Crippen molar-refractivity contribution >= 4 is 40.8 Å². The Kier molecular flexibility index (Phi) is 8.68. The third kappa shape index (κ3) is 5.67. The molecular weight excluding hydrogens is 559 g/mol. The molecule has 0 spiro atoms. The van der Waals surface area contributed by atoms with Crippen LogP contribution in [-0.4, -0.2) is 29.7 Å². The number of pyridine rings is 1. The number of allylic oxidation sites excluding steroid dienone is 4. The molecule has 2 aliphatic heterocycles. The summed E-state index contributed by atoms with van der Waals surface area (Å²) in [6.07, 6.45) is 5.90. The minimum Gasteiger partial charge on any atom is -0.325 e. The van der Waals surface area contributed by atoms with Gasteiger partial charge in [0.15, 0.2) is 0 Å².